The quantitative estimate of drug-likeness (QED) is 0.376. The lowest BCUT2D eigenvalue weighted by molar-refractivity contribution is 0.0638. The predicted octanol–water partition coefficient (Wildman–Crippen LogP) is 5.67. The van der Waals surface area contributed by atoms with Gasteiger partial charge in [0.1, 0.15) is 5.82 Å². The molecule has 6 rings (SSSR count). The number of pyridine rings is 1. The third kappa shape index (κ3) is 3.43. The molecular weight excluding hydrogens is 428 g/mol. The predicted molar refractivity (Wildman–Crippen MR) is 133 cm³/mol. The number of hydrogen-bond donors (Lipinski definition) is 1. The fraction of sp³-hybridized carbons (Fsp3) is 0.148. The zero-order valence-corrected chi connectivity index (χ0v) is 19.0. The third-order valence-electron chi connectivity index (χ3n) is 6.54. The summed E-state index contributed by atoms with van der Waals surface area (Å²) in [6, 6.07) is 22.4. The van der Waals surface area contributed by atoms with Crippen LogP contribution in [0.2, 0.25) is 0 Å². The summed E-state index contributed by atoms with van der Waals surface area (Å²) in [5.41, 5.74) is 14.8. The molecule has 33 heavy (non-hydrogen) atoms. The molecule has 0 bridgehead atoms. The number of carbonyl (C=O) groups excluding carboxylic acids is 1. The second-order valence-corrected chi connectivity index (χ2v) is 9.49. The molecule has 2 aromatic heterocycles. The maximum absolute atomic E-state index is 13.9. The van der Waals surface area contributed by atoms with Crippen molar-refractivity contribution in [2.45, 2.75) is 25.9 Å². The molecule has 3 aromatic carbocycles. The highest BCUT2D eigenvalue weighted by molar-refractivity contribution is 7.16. The number of nitrogen functional groups attached to an aromatic ring is 1. The van der Waals surface area contributed by atoms with E-state index in [0.29, 0.717) is 17.9 Å². The zero-order valence-electron chi connectivity index (χ0n) is 18.2. The van der Waals surface area contributed by atoms with E-state index in [1.54, 1.807) is 11.3 Å². The first-order chi connectivity index (χ1) is 16.1. The van der Waals surface area contributed by atoms with Crippen molar-refractivity contribution in [1.82, 2.24) is 14.9 Å². The lowest BCUT2D eigenvalue weighted by Gasteiger charge is -2.37. The van der Waals surface area contributed by atoms with Gasteiger partial charge in [-0.3, -0.25) is 4.79 Å². The number of benzene rings is 3. The van der Waals surface area contributed by atoms with Crippen LogP contribution in [0.4, 0.5) is 5.82 Å². The number of carbonyl (C=O) groups is 1. The fourth-order valence-electron chi connectivity index (χ4n) is 4.71. The molecule has 5 nitrogen and oxygen atoms in total. The SMILES string of the molecule is Cc1cc2cc(C(=O)N3Cc4ccccc4CC3c3ccc4scnc4c3)ccc2nc1N. The Bertz CT molecular complexity index is 1540. The summed E-state index contributed by atoms with van der Waals surface area (Å²) >= 11 is 1.63. The van der Waals surface area contributed by atoms with Crippen LogP contribution >= 0.6 is 11.3 Å². The Labute approximate surface area is 195 Å². The van der Waals surface area contributed by atoms with Crippen LogP contribution in [0.5, 0.6) is 0 Å². The number of anilines is 1. The molecule has 0 saturated carbocycles. The summed E-state index contributed by atoms with van der Waals surface area (Å²) in [4.78, 5) is 24.8. The molecule has 1 aliphatic rings. The minimum absolute atomic E-state index is 0.0178. The van der Waals surface area contributed by atoms with Gasteiger partial charge in [-0.2, -0.15) is 0 Å². The Kier molecular flexibility index (Phi) is 4.62. The van der Waals surface area contributed by atoms with Gasteiger partial charge in [-0.05, 0) is 72.0 Å². The number of aromatic nitrogens is 2. The molecule has 3 heterocycles. The highest BCUT2D eigenvalue weighted by Crippen LogP contribution is 2.36. The topological polar surface area (TPSA) is 72.1 Å². The van der Waals surface area contributed by atoms with Gasteiger partial charge in [0.2, 0.25) is 0 Å². The largest absolute Gasteiger partial charge is 0.383 e. The lowest BCUT2D eigenvalue weighted by Crippen LogP contribution is -2.39. The van der Waals surface area contributed by atoms with Crippen LogP contribution < -0.4 is 5.73 Å². The van der Waals surface area contributed by atoms with Gasteiger partial charge in [0.05, 0.1) is 27.3 Å². The molecular formula is C27H22N4OS. The van der Waals surface area contributed by atoms with Gasteiger partial charge in [-0.15, -0.1) is 11.3 Å². The van der Waals surface area contributed by atoms with Crippen molar-refractivity contribution in [2.75, 3.05) is 5.73 Å². The Hall–Kier alpha value is -3.77. The smallest absolute Gasteiger partial charge is 0.254 e. The van der Waals surface area contributed by atoms with E-state index in [-0.39, 0.29) is 11.9 Å². The fourth-order valence-corrected chi connectivity index (χ4v) is 5.37. The summed E-state index contributed by atoms with van der Waals surface area (Å²) in [5.74, 6) is 0.538. The van der Waals surface area contributed by atoms with Gasteiger partial charge in [0.25, 0.3) is 5.91 Å². The van der Waals surface area contributed by atoms with Crippen LogP contribution in [-0.4, -0.2) is 20.8 Å². The van der Waals surface area contributed by atoms with Crippen molar-refractivity contribution < 1.29 is 4.79 Å². The van der Waals surface area contributed by atoms with Crippen molar-refractivity contribution in [3.05, 3.63) is 100 Å². The molecule has 0 spiro atoms. The monoisotopic (exact) mass is 450 g/mol. The lowest BCUT2D eigenvalue weighted by atomic mass is 9.89. The van der Waals surface area contributed by atoms with E-state index in [1.807, 2.05) is 47.7 Å². The van der Waals surface area contributed by atoms with Gasteiger partial charge in [-0.25, -0.2) is 9.97 Å². The molecule has 1 atom stereocenters. The van der Waals surface area contributed by atoms with Gasteiger partial charge in [0, 0.05) is 17.5 Å². The average Bonchev–Trinajstić information content (AvgIpc) is 3.31. The Morgan fingerprint density at radius 1 is 1.03 bits per heavy atom. The molecule has 5 aromatic rings. The van der Waals surface area contributed by atoms with Crippen LogP contribution in [0, 0.1) is 6.92 Å². The van der Waals surface area contributed by atoms with Crippen LogP contribution in [-0.2, 0) is 13.0 Å². The maximum atomic E-state index is 13.9. The van der Waals surface area contributed by atoms with Crippen LogP contribution in [0.3, 0.4) is 0 Å². The minimum atomic E-state index is -0.0551. The van der Waals surface area contributed by atoms with Gasteiger partial charge in [0.15, 0.2) is 0 Å². The molecule has 1 aliphatic heterocycles. The normalized spacial score (nSPS) is 15.7. The number of nitrogens with two attached hydrogens (primary N) is 1. The second-order valence-electron chi connectivity index (χ2n) is 8.60. The third-order valence-corrected chi connectivity index (χ3v) is 7.35. The van der Waals surface area contributed by atoms with Gasteiger partial charge >= 0.3 is 0 Å². The molecule has 1 unspecified atom stereocenters. The van der Waals surface area contributed by atoms with Gasteiger partial charge < -0.3 is 10.6 Å². The zero-order chi connectivity index (χ0) is 22.5. The van der Waals surface area contributed by atoms with Crippen LogP contribution in [0.25, 0.3) is 21.1 Å². The Morgan fingerprint density at radius 3 is 2.76 bits per heavy atom. The van der Waals surface area contributed by atoms with E-state index in [0.717, 1.165) is 38.7 Å². The van der Waals surface area contributed by atoms with Crippen molar-refractivity contribution in [2.24, 2.45) is 0 Å². The van der Waals surface area contributed by atoms with E-state index in [1.165, 1.54) is 11.1 Å². The molecule has 1 amide bonds. The molecule has 6 heteroatoms. The molecule has 162 valence electrons. The average molecular weight is 451 g/mol. The summed E-state index contributed by atoms with van der Waals surface area (Å²) < 4.78 is 1.16. The number of hydrogen-bond acceptors (Lipinski definition) is 5. The van der Waals surface area contributed by atoms with E-state index in [9.17, 15) is 4.79 Å². The Balaban J connectivity index is 1.44. The number of nitrogens with zero attached hydrogens (tertiary/aromatic N) is 3. The summed E-state index contributed by atoms with van der Waals surface area (Å²) in [7, 11) is 0. The molecule has 0 radical (unpaired) electrons. The highest BCUT2D eigenvalue weighted by Gasteiger charge is 2.31. The van der Waals surface area contributed by atoms with Crippen LogP contribution in [0.1, 0.15) is 38.7 Å². The molecule has 0 fully saturated rings. The van der Waals surface area contributed by atoms with Crippen LogP contribution in [0.15, 0.2) is 72.2 Å². The summed E-state index contributed by atoms with van der Waals surface area (Å²) in [6.45, 7) is 2.51. The van der Waals surface area contributed by atoms with Crippen molar-refractivity contribution in [3.63, 3.8) is 0 Å². The first kappa shape index (κ1) is 19.9. The standard InChI is InChI=1S/C27H22N4OS/c1-16-10-21-11-19(6-8-22(21)30-26(16)28)27(32)31-14-20-5-3-2-4-17(20)13-24(31)18-7-9-25-23(12-18)29-15-33-25/h2-12,15,24H,13-14H2,1H3,(H2,28,30). The highest BCUT2D eigenvalue weighted by atomic mass is 32.1. The molecule has 0 aliphatic carbocycles. The van der Waals surface area contributed by atoms with Gasteiger partial charge in [-0.1, -0.05) is 30.3 Å². The summed E-state index contributed by atoms with van der Waals surface area (Å²) in [6.07, 6.45) is 0.780. The minimum Gasteiger partial charge on any atom is -0.383 e. The van der Waals surface area contributed by atoms with E-state index >= 15 is 0 Å². The van der Waals surface area contributed by atoms with E-state index < -0.39 is 0 Å². The first-order valence-electron chi connectivity index (χ1n) is 10.9. The van der Waals surface area contributed by atoms with E-state index in [4.69, 9.17) is 5.73 Å². The van der Waals surface area contributed by atoms with E-state index in [2.05, 4.69) is 46.4 Å². The molecule has 2 N–H and O–H groups in total. The number of thiazole rings is 1. The number of aryl methyl sites for hydroxylation is 1. The Morgan fingerprint density at radius 2 is 1.88 bits per heavy atom. The first-order valence-corrected chi connectivity index (χ1v) is 11.8. The second kappa shape index (κ2) is 7.67. The van der Waals surface area contributed by atoms with Crippen molar-refractivity contribution in [3.8, 4) is 0 Å². The van der Waals surface area contributed by atoms with Crippen molar-refractivity contribution in [1.29, 1.82) is 0 Å². The summed E-state index contributed by atoms with van der Waals surface area (Å²) in [5, 5.41) is 0.922. The number of amides is 1. The van der Waals surface area contributed by atoms with Crippen molar-refractivity contribution >= 4 is 44.2 Å². The number of rotatable bonds is 2. The molecule has 0 saturated heterocycles. The maximum Gasteiger partial charge on any atom is 0.254 e. The number of fused-ring (bicyclic) bond motifs is 3.